The number of benzene rings is 4. The van der Waals surface area contributed by atoms with Gasteiger partial charge in [-0.15, -0.1) is 0 Å². The van der Waals surface area contributed by atoms with Crippen LogP contribution in [0, 0.1) is 44.8 Å². The molecule has 4 atom stereocenters. The number of halogens is 4. The predicted molar refractivity (Wildman–Crippen MR) is 212 cm³/mol. The van der Waals surface area contributed by atoms with Crippen LogP contribution in [0.4, 0.5) is 0 Å². The van der Waals surface area contributed by atoms with Crippen LogP contribution in [0.2, 0.25) is 0 Å². The Bertz CT molecular complexity index is 2090. The van der Waals surface area contributed by atoms with Gasteiger partial charge in [0.1, 0.15) is 49.4 Å². The first kappa shape index (κ1) is 40.7. The lowest BCUT2D eigenvalue weighted by Crippen LogP contribution is -2.26. The topological polar surface area (TPSA) is 106 Å². The van der Waals surface area contributed by atoms with Crippen molar-refractivity contribution in [1.82, 2.24) is 0 Å². The third kappa shape index (κ3) is 8.43. The molecule has 4 aromatic carbocycles. The van der Waals surface area contributed by atoms with Crippen LogP contribution in [-0.2, 0) is 27.4 Å². The minimum atomic E-state index is -1.35. The van der Waals surface area contributed by atoms with Gasteiger partial charge >= 0.3 is 11.9 Å². The number of aliphatic carboxylic acids is 1. The van der Waals surface area contributed by atoms with Gasteiger partial charge in [0.05, 0.1) is 12.0 Å². The van der Waals surface area contributed by atoms with Gasteiger partial charge in [0, 0.05) is 5.41 Å². The van der Waals surface area contributed by atoms with Gasteiger partial charge in [-0.25, -0.2) is 0 Å². The zero-order valence-electron chi connectivity index (χ0n) is 30.1. The predicted octanol–water partition coefficient (Wildman–Crippen LogP) is 12.1. The number of rotatable bonds is 12. The first-order valence-electron chi connectivity index (χ1n) is 17.1. The van der Waals surface area contributed by atoms with Crippen LogP contribution < -0.4 is 9.47 Å². The molecular weight excluding hydrogens is 768 g/mol. The molecule has 0 saturated heterocycles. The summed E-state index contributed by atoms with van der Waals surface area (Å²) in [4.78, 5) is 24.7. The van der Waals surface area contributed by atoms with Gasteiger partial charge in [0.2, 0.25) is 0 Å². The molecule has 4 aromatic rings. The fraction of sp³-hybridized carbons (Fsp3) is 0.279. The van der Waals surface area contributed by atoms with Gasteiger partial charge in [-0.2, -0.15) is 5.26 Å². The average Bonchev–Trinajstić information content (AvgIpc) is 3.83. The molecule has 280 valence electrons. The molecule has 0 amide bonds. The number of carboxylic acid groups (broad SMARTS) is 1. The average molecular weight is 808 g/mol. The molecule has 7 nitrogen and oxygen atoms in total. The molecule has 0 radical (unpaired) electrons. The highest BCUT2D eigenvalue weighted by molar-refractivity contribution is 6.56. The van der Waals surface area contributed by atoms with E-state index in [1.807, 2.05) is 105 Å². The summed E-state index contributed by atoms with van der Waals surface area (Å²) in [6, 6.07) is 35.7. The molecule has 11 heteroatoms. The second kappa shape index (κ2) is 16.5. The summed E-state index contributed by atoms with van der Waals surface area (Å²) in [5.74, 6) is 1.23. The Morgan fingerprint density at radius 3 is 1.72 bits per heavy atom. The van der Waals surface area contributed by atoms with Crippen LogP contribution in [0.3, 0.4) is 0 Å². The van der Waals surface area contributed by atoms with Gasteiger partial charge in [0.15, 0.2) is 0 Å². The van der Waals surface area contributed by atoms with Crippen molar-refractivity contribution in [2.45, 2.75) is 40.7 Å². The molecule has 2 saturated carbocycles. The van der Waals surface area contributed by atoms with Crippen molar-refractivity contribution >= 4 is 58.3 Å². The Kier molecular flexibility index (Phi) is 12.4. The number of allylic oxidation sites excluding steroid dienone is 2. The molecule has 2 aliphatic carbocycles. The Labute approximate surface area is 335 Å². The molecule has 0 spiro atoms. The summed E-state index contributed by atoms with van der Waals surface area (Å²) < 4.78 is 17.2. The number of carbonyl (C=O) groups is 2. The van der Waals surface area contributed by atoms with Gasteiger partial charge in [-0.05, 0) is 89.6 Å². The minimum absolute atomic E-state index is 0.00717. The molecular formula is C43H39Cl4NO6. The molecule has 1 N–H and O–H groups in total. The summed E-state index contributed by atoms with van der Waals surface area (Å²) in [5.41, 5.74) is -2.08. The molecule has 0 bridgehead atoms. The quantitative estimate of drug-likeness (QED) is 0.142. The molecule has 2 aliphatic rings. The third-order valence-corrected chi connectivity index (χ3v) is 11.1. The van der Waals surface area contributed by atoms with E-state index in [4.69, 9.17) is 60.6 Å². The lowest BCUT2D eigenvalue weighted by Gasteiger charge is -2.16. The maximum absolute atomic E-state index is 12.4. The smallest absolute Gasteiger partial charge is 0.312 e. The lowest BCUT2D eigenvalue weighted by atomic mass is 9.86. The maximum Gasteiger partial charge on any atom is 0.312 e. The third-order valence-electron chi connectivity index (χ3n) is 10.6. The van der Waals surface area contributed by atoms with Gasteiger partial charge < -0.3 is 19.3 Å². The minimum Gasteiger partial charge on any atom is -0.481 e. The normalized spacial score (nSPS) is 22.5. The number of hydrogen-bond acceptors (Lipinski definition) is 6. The number of carbonyl (C=O) groups excluding carboxylic acids is 1. The molecule has 0 aliphatic heterocycles. The zero-order chi connectivity index (χ0) is 39.3. The number of para-hydroxylation sites is 2. The number of nitriles is 1. The van der Waals surface area contributed by atoms with Crippen molar-refractivity contribution in [3.8, 4) is 29.1 Å². The highest BCUT2D eigenvalue weighted by atomic mass is 35.5. The lowest BCUT2D eigenvalue weighted by molar-refractivity contribution is -0.147. The second-order valence-electron chi connectivity index (χ2n) is 14.4. The summed E-state index contributed by atoms with van der Waals surface area (Å²) in [6.45, 7) is 7.71. The number of carboxylic acids is 1. The van der Waals surface area contributed by atoms with Crippen LogP contribution in [0.5, 0.6) is 23.0 Å². The van der Waals surface area contributed by atoms with E-state index in [1.165, 1.54) is 6.08 Å². The Balaban J connectivity index is 0.000000208. The molecule has 54 heavy (non-hydrogen) atoms. The Morgan fingerprint density at radius 1 is 0.741 bits per heavy atom. The monoisotopic (exact) mass is 805 g/mol. The standard InChI is InChI=1S/C22H19Cl2NO3.C21H20Cl2O3/c1-20(2)21(14-25,13-18(23)24)22(20,19(26)27)12-15-7-6-10-17(11-15)28-16-8-4-3-5-9-16;1-21(2)17(12-18(22)23)19(21)20(24)25-13-14-7-6-10-16(11-14)26-15-8-4-3-5-9-15/h3-11,13H,12H2,1-2H3,(H,26,27);3-12,17,19H,13H2,1-2H3/t21-,22-;/m0./s1. The second-order valence-corrected chi connectivity index (χ2v) is 16.4. The van der Waals surface area contributed by atoms with Crippen LogP contribution in [0.25, 0.3) is 0 Å². The van der Waals surface area contributed by atoms with Crippen molar-refractivity contribution in [2.24, 2.45) is 33.5 Å². The Morgan fingerprint density at radius 2 is 1.24 bits per heavy atom. The maximum atomic E-state index is 12.4. The highest BCUT2D eigenvalue weighted by Crippen LogP contribution is 2.80. The van der Waals surface area contributed by atoms with Crippen LogP contribution in [-0.4, -0.2) is 17.0 Å². The van der Waals surface area contributed by atoms with E-state index in [0.29, 0.717) is 17.2 Å². The molecule has 0 aromatic heterocycles. The summed E-state index contributed by atoms with van der Waals surface area (Å²) in [7, 11) is 0. The van der Waals surface area contributed by atoms with Crippen LogP contribution >= 0.6 is 46.4 Å². The van der Waals surface area contributed by atoms with Crippen molar-refractivity contribution in [2.75, 3.05) is 0 Å². The summed E-state index contributed by atoms with van der Waals surface area (Å²) in [5, 5.41) is 19.9. The zero-order valence-corrected chi connectivity index (χ0v) is 33.1. The Hall–Kier alpha value is -4.45. The van der Waals surface area contributed by atoms with Gasteiger partial charge in [-0.1, -0.05) is 135 Å². The van der Waals surface area contributed by atoms with E-state index in [1.54, 1.807) is 38.1 Å². The van der Waals surface area contributed by atoms with Gasteiger partial charge in [0.25, 0.3) is 0 Å². The van der Waals surface area contributed by atoms with Crippen LogP contribution in [0.1, 0.15) is 38.8 Å². The van der Waals surface area contributed by atoms with Crippen molar-refractivity contribution in [3.05, 3.63) is 141 Å². The van der Waals surface area contributed by atoms with Crippen molar-refractivity contribution in [3.63, 3.8) is 0 Å². The largest absolute Gasteiger partial charge is 0.481 e. The number of hydrogen-bond donors (Lipinski definition) is 1. The molecule has 0 heterocycles. The van der Waals surface area contributed by atoms with Crippen molar-refractivity contribution in [1.29, 1.82) is 5.26 Å². The van der Waals surface area contributed by atoms with Crippen molar-refractivity contribution < 1.29 is 28.9 Å². The van der Waals surface area contributed by atoms with E-state index < -0.39 is 22.2 Å². The van der Waals surface area contributed by atoms with Crippen LogP contribution in [0.15, 0.2) is 130 Å². The molecule has 2 fully saturated rings. The molecule has 2 unspecified atom stereocenters. The number of ether oxygens (including phenoxy) is 3. The first-order valence-corrected chi connectivity index (χ1v) is 18.6. The SMILES string of the molecule is CC1(C)C(C=C(Cl)Cl)C1C(=O)OCc1cccc(Oc2ccccc2)c1.CC1(C)[C@](Cc2cccc(Oc3ccccc3)c2)(C(=O)O)[C@]1(C#N)C=C(Cl)Cl. The number of nitrogens with zero attached hydrogens (tertiary/aromatic N) is 1. The summed E-state index contributed by atoms with van der Waals surface area (Å²) >= 11 is 23.1. The first-order chi connectivity index (χ1) is 25.6. The molecule has 6 rings (SSSR count). The van der Waals surface area contributed by atoms with E-state index in [9.17, 15) is 20.0 Å². The fourth-order valence-corrected chi connectivity index (χ4v) is 8.00. The highest BCUT2D eigenvalue weighted by Gasteiger charge is 2.86. The summed E-state index contributed by atoms with van der Waals surface area (Å²) in [6.07, 6.45) is 3.21. The van der Waals surface area contributed by atoms with E-state index in [-0.39, 0.29) is 45.2 Å². The van der Waals surface area contributed by atoms with E-state index in [2.05, 4.69) is 6.07 Å². The van der Waals surface area contributed by atoms with Gasteiger partial charge in [-0.3, -0.25) is 9.59 Å². The van der Waals surface area contributed by atoms with E-state index in [0.717, 1.165) is 16.9 Å². The van der Waals surface area contributed by atoms with E-state index >= 15 is 0 Å². The number of esters is 1. The fourth-order valence-electron chi connectivity index (χ4n) is 7.40.